The van der Waals surface area contributed by atoms with E-state index in [1.807, 2.05) is 44.2 Å². The molecule has 78 valence electrons. The molecule has 0 amide bonds. The summed E-state index contributed by atoms with van der Waals surface area (Å²) in [5, 5.41) is 0. The van der Waals surface area contributed by atoms with Crippen LogP contribution in [-0.4, -0.2) is 5.78 Å². The molecule has 1 unspecified atom stereocenters. The fourth-order valence-electron chi connectivity index (χ4n) is 1.76. The maximum atomic E-state index is 11.6. The van der Waals surface area contributed by atoms with Gasteiger partial charge in [-0.25, -0.2) is 0 Å². The third-order valence-electron chi connectivity index (χ3n) is 2.51. The van der Waals surface area contributed by atoms with Gasteiger partial charge in [0.2, 0.25) is 5.78 Å². The molecule has 1 saturated heterocycles. The van der Waals surface area contributed by atoms with E-state index in [9.17, 15) is 4.79 Å². The Hall–Kier alpha value is -1.57. The van der Waals surface area contributed by atoms with Crippen LogP contribution in [0.15, 0.2) is 41.7 Å². The molecule has 1 atom stereocenters. The molecule has 1 heterocycles. The predicted molar refractivity (Wildman–Crippen MR) is 58.3 cm³/mol. The molecule has 1 fully saturated rings. The smallest absolute Gasteiger partial charge is 0.201 e. The minimum absolute atomic E-state index is 0.0939. The highest BCUT2D eigenvalue weighted by atomic mass is 16.5. The maximum absolute atomic E-state index is 11.6. The van der Waals surface area contributed by atoms with Gasteiger partial charge in [0.05, 0.1) is 6.42 Å². The highest BCUT2D eigenvalue weighted by Crippen LogP contribution is 2.33. The van der Waals surface area contributed by atoms with Crippen LogP contribution < -0.4 is 0 Å². The van der Waals surface area contributed by atoms with Crippen LogP contribution in [0.25, 0.3) is 0 Å². The van der Waals surface area contributed by atoms with E-state index in [4.69, 9.17) is 4.74 Å². The van der Waals surface area contributed by atoms with Crippen LogP contribution in [0, 0.1) is 0 Å². The summed E-state index contributed by atoms with van der Waals surface area (Å²) >= 11 is 0. The molecule has 1 aromatic rings. The molecular formula is C13H14O2. The molecule has 2 nitrogen and oxygen atoms in total. The summed E-state index contributed by atoms with van der Waals surface area (Å²) in [6.07, 6.45) is 0.369. The molecule has 0 radical (unpaired) electrons. The Balaban J connectivity index is 2.24. The number of carbonyl (C=O) groups excluding carboxylic acids is 1. The van der Waals surface area contributed by atoms with Gasteiger partial charge in [-0.3, -0.25) is 4.79 Å². The highest BCUT2D eigenvalue weighted by Gasteiger charge is 2.30. The maximum Gasteiger partial charge on any atom is 0.201 e. The topological polar surface area (TPSA) is 26.3 Å². The molecule has 1 aromatic carbocycles. The molecule has 2 heteroatoms. The molecule has 0 bridgehead atoms. The Bertz CT molecular complexity index is 400. The highest BCUT2D eigenvalue weighted by molar-refractivity contribution is 5.96. The quantitative estimate of drug-likeness (QED) is 0.654. The number of ether oxygens (including phenoxy) is 1. The van der Waals surface area contributed by atoms with E-state index in [0.29, 0.717) is 12.2 Å². The second-order valence-electron chi connectivity index (χ2n) is 3.97. The van der Waals surface area contributed by atoms with E-state index in [1.165, 1.54) is 0 Å². The third-order valence-corrected chi connectivity index (χ3v) is 2.51. The predicted octanol–water partition coefficient (Wildman–Crippen LogP) is 3.01. The third kappa shape index (κ3) is 1.94. The van der Waals surface area contributed by atoms with E-state index in [-0.39, 0.29) is 11.9 Å². The standard InChI is InChI=1S/C13H14O2/c1-9(2)13-11(14)8-12(15-13)10-6-4-3-5-7-10/h3-7,12H,8H2,1-2H3. The van der Waals surface area contributed by atoms with Gasteiger partial charge in [-0.15, -0.1) is 0 Å². The van der Waals surface area contributed by atoms with Gasteiger partial charge >= 0.3 is 0 Å². The summed E-state index contributed by atoms with van der Waals surface area (Å²) in [4.78, 5) is 11.6. The number of benzene rings is 1. The van der Waals surface area contributed by atoms with Gasteiger partial charge < -0.3 is 4.74 Å². The Morgan fingerprint density at radius 3 is 2.47 bits per heavy atom. The summed E-state index contributed by atoms with van der Waals surface area (Å²) in [5.74, 6) is 0.660. The molecule has 0 aliphatic carbocycles. The second kappa shape index (κ2) is 3.89. The number of carbonyl (C=O) groups is 1. The fraction of sp³-hybridized carbons (Fsp3) is 0.308. The van der Waals surface area contributed by atoms with Gasteiger partial charge in [-0.05, 0) is 25.0 Å². The number of rotatable bonds is 1. The average Bonchev–Trinajstić information content (AvgIpc) is 2.62. The van der Waals surface area contributed by atoms with Crippen LogP contribution in [0.4, 0.5) is 0 Å². The van der Waals surface area contributed by atoms with E-state index in [2.05, 4.69) is 0 Å². The number of allylic oxidation sites excluding steroid dienone is 2. The summed E-state index contributed by atoms with van der Waals surface area (Å²) in [7, 11) is 0. The number of hydrogen-bond donors (Lipinski definition) is 0. The van der Waals surface area contributed by atoms with Crippen molar-refractivity contribution in [3.8, 4) is 0 Å². The van der Waals surface area contributed by atoms with Crippen molar-refractivity contribution < 1.29 is 9.53 Å². The molecule has 2 rings (SSSR count). The first-order valence-corrected chi connectivity index (χ1v) is 5.11. The van der Waals surface area contributed by atoms with Crippen molar-refractivity contribution >= 4 is 5.78 Å². The van der Waals surface area contributed by atoms with E-state index >= 15 is 0 Å². The molecule has 1 aliphatic rings. The number of ketones is 1. The van der Waals surface area contributed by atoms with Gasteiger partial charge in [-0.2, -0.15) is 0 Å². The zero-order valence-electron chi connectivity index (χ0n) is 8.99. The number of hydrogen-bond acceptors (Lipinski definition) is 2. The first kappa shape index (κ1) is 9.97. The average molecular weight is 202 g/mol. The molecule has 0 N–H and O–H groups in total. The van der Waals surface area contributed by atoms with Crippen LogP contribution in [-0.2, 0) is 9.53 Å². The summed E-state index contributed by atoms with van der Waals surface area (Å²) in [5.41, 5.74) is 2.03. The molecule has 0 aromatic heterocycles. The van der Waals surface area contributed by atoms with Crippen LogP contribution in [0.3, 0.4) is 0 Å². The second-order valence-corrected chi connectivity index (χ2v) is 3.97. The monoisotopic (exact) mass is 202 g/mol. The lowest BCUT2D eigenvalue weighted by Crippen LogP contribution is -1.94. The summed E-state index contributed by atoms with van der Waals surface area (Å²) < 4.78 is 5.65. The van der Waals surface area contributed by atoms with Crippen LogP contribution >= 0.6 is 0 Å². The minimum Gasteiger partial charge on any atom is -0.482 e. The molecule has 0 spiro atoms. The SMILES string of the molecule is CC(C)=C1OC(c2ccccc2)CC1=O. The van der Waals surface area contributed by atoms with Gasteiger partial charge in [-0.1, -0.05) is 30.3 Å². The van der Waals surface area contributed by atoms with Crippen LogP contribution in [0.5, 0.6) is 0 Å². The van der Waals surface area contributed by atoms with Crippen molar-refractivity contribution in [2.45, 2.75) is 26.4 Å². The van der Waals surface area contributed by atoms with E-state index in [1.54, 1.807) is 0 Å². The zero-order chi connectivity index (χ0) is 10.8. The van der Waals surface area contributed by atoms with Crippen molar-refractivity contribution in [3.63, 3.8) is 0 Å². The first-order valence-electron chi connectivity index (χ1n) is 5.11. The Morgan fingerprint density at radius 2 is 1.93 bits per heavy atom. The van der Waals surface area contributed by atoms with Crippen LogP contribution in [0.1, 0.15) is 31.9 Å². The summed E-state index contributed by atoms with van der Waals surface area (Å²) in [6.45, 7) is 3.81. The van der Waals surface area contributed by atoms with Crippen molar-refractivity contribution in [2.24, 2.45) is 0 Å². The van der Waals surface area contributed by atoms with Gasteiger partial charge in [0, 0.05) is 0 Å². The van der Waals surface area contributed by atoms with Crippen molar-refractivity contribution in [2.75, 3.05) is 0 Å². The molecular weight excluding hydrogens is 188 g/mol. The van der Waals surface area contributed by atoms with Crippen molar-refractivity contribution in [1.82, 2.24) is 0 Å². The van der Waals surface area contributed by atoms with Crippen molar-refractivity contribution in [1.29, 1.82) is 0 Å². The van der Waals surface area contributed by atoms with Crippen molar-refractivity contribution in [3.05, 3.63) is 47.2 Å². The lowest BCUT2D eigenvalue weighted by atomic mass is 10.1. The largest absolute Gasteiger partial charge is 0.482 e. The fourth-order valence-corrected chi connectivity index (χ4v) is 1.76. The van der Waals surface area contributed by atoms with E-state index in [0.717, 1.165) is 11.1 Å². The molecule has 15 heavy (non-hydrogen) atoms. The normalized spacial score (nSPS) is 20.3. The van der Waals surface area contributed by atoms with Crippen LogP contribution in [0.2, 0.25) is 0 Å². The lowest BCUT2D eigenvalue weighted by molar-refractivity contribution is -0.115. The number of Topliss-reactive ketones (excluding diaryl/α,β-unsaturated/α-hetero) is 1. The van der Waals surface area contributed by atoms with Gasteiger partial charge in [0.15, 0.2) is 5.76 Å². The Kier molecular flexibility index (Phi) is 2.58. The molecule has 0 saturated carbocycles. The van der Waals surface area contributed by atoms with E-state index < -0.39 is 0 Å². The first-order chi connectivity index (χ1) is 7.18. The van der Waals surface area contributed by atoms with Gasteiger partial charge in [0.1, 0.15) is 6.10 Å². The minimum atomic E-state index is -0.0939. The Labute approximate surface area is 89.6 Å². The molecule has 1 aliphatic heterocycles. The van der Waals surface area contributed by atoms with Gasteiger partial charge in [0.25, 0.3) is 0 Å². The lowest BCUT2D eigenvalue weighted by Gasteiger charge is -2.09. The Morgan fingerprint density at radius 1 is 1.27 bits per heavy atom. The summed E-state index contributed by atoms with van der Waals surface area (Å²) in [6, 6.07) is 9.87. The zero-order valence-corrected chi connectivity index (χ0v) is 8.99.